The van der Waals surface area contributed by atoms with Crippen LogP contribution >= 0.6 is 11.6 Å². The zero-order chi connectivity index (χ0) is 23.1. The number of nitrogens with zero attached hydrogens (tertiary/aromatic N) is 3. The third-order valence-corrected chi connectivity index (χ3v) is 5.60. The van der Waals surface area contributed by atoms with Crippen molar-refractivity contribution in [1.82, 2.24) is 14.7 Å². The van der Waals surface area contributed by atoms with Gasteiger partial charge in [-0.2, -0.15) is 5.10 Å². The summed E-state index contributed by atoms with van der Waals surface area (Å²) >= 11 is 6.10. The Labute approximate surface area is 195 Å². The fourth-order valence-corrected chi connectivity index (χ4v) is 3.72. The lowest BCUT2D eigenvalue weighted by Gasteiger charge is -2.24. The Bertz CT molecular complexity index is 1000. The molecule has 3 aromatic rings. The van der Waals surface area contributed by atoms with Crippen molar-refractivity contribution in [2.75, 3.05) is 20.2 Å². The van der Waals surface area contributed by atoms with Crippen LogP contribution in [0.1, 0.15) is 37.9 Å². The van der Waals surface area contributed by atoms with Crippen LogP contribution in [0.2, 0.25) is 5.02 Å². The Morgan fingerprint density at radius 3 is 2.41 bits per heavy atom. The number of ether oxygens (including phenoxy) is 2. The molecule has 0 bridgehead atoms. The molecule has 1 aromatic heterocycles. The van der Waals surface area contributed by atoms with Crippen molar-refractivity contribution < 1.29 is 14.6 Å². The second-order valence-electron chi connectivity index (χ2n) is 7.81. The van der Waals surface area contributed by atoms with E-state index >= 15 is 0 Å². The average molecular weight is 458 g/mol. The van der Waals surface area contributed by atoms with E-state index in [4.69, 9.17) is 26.2 Å². The summed E-state index contributed by atoms with van der Waals surface area (Å²) in [6, 6.07) is 15.1. The van der Waals surface area contributed by atoms with Gasteiger partial charge >= 0.3 is 0 Å². The van der Waals surface area contributed by atoms with Crippen molar-refractivity contribution in [3.63, 3.8) is 0 Å². The molecule has 6 nitrogen and oxygen atoms in total. The number of rotatable bonds is 11. The molecular formula is C25H32ClN3O3. The molecule has 3 rings (SSSR count). The van der Waals surface area contributed by atoms with E-state index in [1.165, 1.54) is 0 Å². The largest absolute Gasteiger partial charge is 0.493 e. The standard InChI is InChI=1S/C25H32ClN3O3/c1-5-15-28(16-21(30)6-2)17-22-18(3)27-29(20-13-11-19(26)12-14-20)25(22)32-24-10-8-7-9-23(24)31-4/h7-14,21,30H,5-6,15-17H2,1-4H3/t21-/m1/s1. The zero-order valence-electron chi connectivity index (χ0n) is 19.2. The van der Waals surface area contributed by atoms with Crippen molar-refractivity contribution in [3.8, 4) is 23.1 Å². The summed E-state index contributed by atoms with van der Waals surface area (Å²) in [5.74, 6) is 1.88. The number of halogens is 1. The Balaban J connectivity index is 2.06. The number of aliphatic hydroxyl groups excluding tert-OH is 1. The van der Waals surface area contributed by atoms with Gasteiger partial charge < -0.3 is 14.6 Å². The first-order valence-electron chi connectivity index (χ1n) is 11.0. The Morgan fingerprint density at radius 1 is 1.09 bits per heavy atom. The van der Waals surface area contributed by atoms with Crippen LogP contribution in [0, 0.1) is 6.92 Å². The molecule has 32 heavy (non-hydrogen) atoms. The molecule has 0 saturated heterocycles. The van der Waals surface area contributed by atoms with Gasteiger partial charge in [-0.3, -0.25) is 4.90 Å². The molecular weight excluding hydrogens is 426 g/mol. The molecule has 0 unspecified atom stereocenters. The van der Waals surface area contributed by atoms with Crippen molar-refractivity contribution in [3.05, 3.63) is 64.8 Å². The van der Waals surface area contributed by atoms with Crippen molar-refractivity contribution >= 4 is 11.6 Å². The smallest absolute Gasteiger partial charge is 0.227 e. The van der Waals surface area contributed by atoms with Crippen LogP contribution in [0.4, 0.5) is 0 Å². The molecule has 0 aliphatic heterocycles. The van der Waals surface area contributed by atoms with E-state index in [1.807, 2.05) is 62.4 Å². The first-order chi connectivity index (χ1) is 15.5. The molecule has 0 aliphatic rings. The Hall–Kier alpha value is -2.54. The minimum absolute atomic E-state index is 0.369. The van der Waals surface area contributed by atoms with Gasteiger partial charge in [0.1, 0.15) is 0 Å². The third-order valence-electron chi connectivity index (χ3n) is 5.35. The summed E-state index contributed by atoms with van der Waals surface area (Å²) in [5.41, 5.74) is 2.70. The minimum atomic E-state index is -0.369. The minimum Gasteiger partial charge on any atom is -0.493 e. The van der Waals surface area contributed by atoms with Gasteiger partial charge in [-0.25, -0.2) is 4.68 Å². The number of hydrogen-bond donors (Lipinski definition) is 1. The molecule has 172 valence electrons. The van der Waals surface area contributed by atoms with E-state index in [2.05, 4.69) is 11.8 Å². The average Bonchev–Trinajstić information content (AvgIpc) is 3.09. The van der Waals surface area contributed by atoms with Crippen LogP contribution in [-0.2, 0) is 6.54 Å². The van der Waals surface area contributed by atoms with Crippen LogP contribution in [0.25, 0.3) is 5.69 Å². The van der Waals surface area contributed by atoms with E-state index in [9.17, 15) is 5.11 Å². The Kier molecular flexibility index (Phi) is 8.56. The lowest BCUT2D eigenvalue weighted by Crippen LogP contribution is -2.32. The maximum absolute atomic E-state index is 10.3. The number of aryl methyl sites for hydroxylation is 1. The van der Waals surface area contributed by atoms with Gasteiger partial charge in [0.25, 0.3) is 0 Å². The molecule has 0 fully saturated rings. The summed E-state index contributed by atoms with van der Waals surface area (Å²) in [7, 11) is 1.62. The topological polar surface area (TPSA) is 59.8 Å². The molecule has 0 radical (unpaired) electrons. The van der Waals surface area contributed by atoms with Crippen LogP contribution in [0.15, 0.2) is 48.5 Å². The maximum Gasteiger partial charge on any atom is 0.227 e. The van der Waals surface area contributed by atoms with Crippen molar-refractivity contribution in [2.45, 2.75) is 46.3 Å². The highest BCUT2D eigenvalue weighted by atomic mass is 35.5. The molecule has 1 heterocycles. The SMILES string of the molecule is CCCN(Cc1c(C)nn(-c2ccc(Cl)cc2)c1Oc1ccccc1OC)C[C@H](O)CC. The summed E-state index contributed by atoms with van der Waals surface area (Å²) in [6.45, 7) is 8.21. The quantitative estimate of drug-likeness (QED) is 0.405. The van der Waals surface area contributed by atoms with E-state index in [0.717, 1.165) is 29.9 Å². The molecule has 0 aliphatic carbocycles. The number of para-hydroxylation sites is 2. The maximum atomic E-state index is 10.3. The zero-order valence-corrected chi connectivity index (χ0v) is 20.0. The molecule has 7 heteroatoms. The predicted molar refractivity (Wildman–Crippen MR) is 128 cm³/mol. The molecule has 2 aromatic carbocycles. The van der Waals surface area contributed by atoms with E-state index in [-0.39, 0.29) is 6.10 Å². The first kappa shape index (κ1) is 24.1. The molecule has 1 atom stereocenters. The van der Waals surface area contributed by atoms with Crippen molar-refractivity contribution in [1.29, 1.82) is 0 Å². The van der Waals surface area contributed by atoms with Gasteiger partial charge in [0.05, 0.1) is 30.2 Å². The monoisotopic (exact) mass is 457 g/mol. The van der Waals surface area contributed by atoms with Crippen LogP contribution in [-0.4, -0.2) is 46.1 Å². The number of benzene rings is 2. The van der Waals surface area contributed by atoms with E-state index in [1.54, 1.807) is 11.8 Å². The summed E-state index contributed by atoms with van der Waals surface area (Å²) in [6.07, 6.45) is 1.34. The van der Waals surface area contributed by atoms with Crippen LogP contribution in [0.3, 0.4) is 0 Å². The second-order valence-corrected chi connectivity index (χ2v) is 8.24. The summed E-state index contributed by atoms with van der Waals surface area (Å²) in [4.78, 5) is 2.25. The van der Waals surface area contributed by atoms with E-state index < -0.39 is 0 Å². The van der Waals surface area contributed by atoms with Crippen LogP contribution in [0.5, 0.6) is 17.4 Å². The van der Waals surface area contributed by atoms with Crippen molar-refractivity contribution in [2.24, 2.45) is 0 Å². The molecule has 0 saturated carbocycles. The van der Waals surface area contributed by atoms with Gasteiger partial charge in [0.15, 0.2) is 11.5 Å². The highest BCUT2D eigenvalue weighted by Crippen LogP contribution is 2.36. The number of methoxy groups -OCH3 is 1. The fraction of sp³-hybridized carbons (Fsp3) is 0.400. The first-order valence-corrected chi connectivity index (χ1v) is 11.4. The second kappa shape index (κ2) is 11.4. The normalized spacial score (nSPS) is 12.2. The molecule has 0 amide bonds. The van der Waals surface area contributed by atoms with Gasteiger partial charge in [-0.05, 0) is 62.7 Å². The van der Waals surface area contributed by atoms with Gasteiger partial charge in [-0.1, -0.05) is 37.6 Å². The fourth-order valence-electron chi connectivity index (χ4n) is 3.59. The van der Waals surface area contributed by atoms with Gasteiger partial charge in [0.2, 0.25) is 5.88 Å². The van der Waals surface area contributed by atoms with Gasteiger partial charge in [-0.15, -0.1) is 0 Å². The highest BCUT2D eigenvalue weighted by Gasteiger charge is 2.23. The summed E-state index contributed by atoms with van der Waals surface area (Å²) in [5, 5.41) is 15.7. The predicted octanol–water partition coefficient (Wildman–Crippen LogP) is 5.62. The molecule has 0 spiro atoms. The Morgan fingerprint density at radius 2 is 1.78 bits per heavy atom. The number of aliphatic hydroxyl groups is 1. The van der Waals surface area contributed by atoms with Crippen LogP contribution < -0.4 is 9.47 Å². The molecule has 1 N–H and O–H groups in total. The summed E-state index contributed by atoms with van der Waals surface area (Å²) < 4.78 is 13.7. The number of aromatic nitrogens is 2. The lowest BCUT2D eigenvalue weighted by molar-refractivity contribution is 0.105. The van der Waals surface area contributed by atoms with E-state index in [0.29, 0.717) is 41.9 Å². The highest BCUT2D eigenvalue weighted by molar-refractivity contribution is 6.30. The lowest BCUT2D eigenvalue weighted by atomic mass is 10.2. The third kappa shape index (κ3) is 5.82. The van der Waals surface area contributed by atoms with Gasteiger partial charge in [0, 0.05) is 18.1 Å². The number of hydrogen-bond acceptors (Lipinski definition) is 5.